The van der Waals surface area contributed by atoms with E-state index in [-0.39, 0.29) is 5.91 Å². The largest absolute Gasteiger partial charge is 0.480 e. The number of amides is 1. The van der Waals surface area contributed by atoms with Gasteiger partial charge in [0.25, 0.3) is 5.91 Å². The maximum Gasteiger partial charge on any atom is 0.265 e. The summed E-state index contributed by atoms with van der Waals surface area (Å²) < 4.78 is 5.69. The minimum Gasteiger partial charge on any atom is -0.480 e. The molecule has 0 bridgehead atoms. The maximum absolute atomic E-state index is 12.3. The van der Waals surface area contributed by atoms with Crippen LogP contribution in [0.15, 0.2) is 42.5 Å². The van der Waals surface area contributed by atoms with Crippen molar-refractivity contribution in [2.24, 2.45) is 0 Å². The fourth-order valence-corrected chi connectivity index (χ4v) is 2.50. The van der Waals surface area contributed by atoms with Gasteiger partial charge in [-0.3, -0.25) is 4.79 Å². The summed E-state index contributed by atoms with van der Waals surface area (Å²) in [5.41, 5.74) is 4.19. The van der Waals surface area contributed by atoms with E-state index >= 15 is 0 Å². The van der Waals surface area contributed by atoms with E-state index in [4.69, 9.17) is 4.74 Å². The van der Waals surface area contributed by atoms with Gasteiger partial charge in [0, 0.05) is 12.1 Å². The molecule has 1 amide bonds. The summed E-state index contributed by atoms with van der Waals surface area (Å²) in [6, 6.07) is 13.8. The Morgan fingerprint density at radius 3 is 2.75 bits per heavy atom. The number of rotatable bonds is 2. The number of hydrogen-bond acceptors (Lipinski definition) is 2. The molecule has 20 heavy (non-hydrogen) atoms. The second kappa shape index (κ2) is 5.00. The molecule has 0 fully saturated rings. The van der Waals surface area contributed by atoms with Gasteiger partial charge in [-0.15, -0.1) is 0 Å². The van der Waals surface area contributed by atoms with E-state index in [2.05, 4.69) is 11.4 Å². The molecule has 0 spiro atoms. The summed E-state index contributed by atoms with van der Waals surface area (Å²) in [7, 11) is 0. The average molecular weight is 267 g/mol. The molecule has 0 aromatic heterocycles. The van der Waals surface area contributed by atoms with Gasteiger partial charge in [-0.25, -0.2) is 0 Å². The Hall–Kier alpha value is -2.29. The third kappa shape index (κ3) is 2.39. The monoisotopic (exact) mass is 267 g/mol. The Morgan fingerprint density at radius 1 is 1.20 bits per heavy atom. The molecule has 3 nitrogen and oxygen atoms in total. The standard InChI is InChI=1S/C17H17NO2/c1-11-7-8-14(12(2)9-11)18-17(19)16-10-13-5-3-4-6-15(13)20-16/h3-9,16H,10H2,1-2H3,(H,18,19)/t16-/m1/s1. The van der Waals surface area contributed by atoms with Gasteiger partial charge in [0.1, 0.15) is 5.75 Å². The van der Waals surface area contributed by atoms with Crippen LogP contribution in [0, 0.1) is 13.8 Å². The van der Waals surface area contributed by atoms with Crippen LogP contribution >= 0.6 is 0 Å². The molecule has 0 radical (unpaired) electrons. The van der Waals surface area contributed by atoms with E-state index in [0.717, 1.165) is 22.6 Å². The minimum absolute atomic E-state index is 0.0897. The van der Waals surface area contributed by atoms with Crippen molar-refractivity contribution in [3.8, 4) is 5.75 Å². The predicted octanol–water partition coefficient (Wildman–Crippen LogP) is 3.25. The Kier molecular flexibility index (Phi) is 3.18. The van der Waals surface area contributed by atoms with Crippen LogP contribution in [0.25, 0.3) is 0 Å². The van der Waals surface area contributed by atoms with E-state index < -0.39 is 6.10 Å². The molecule has 1 heterocycles. The number of ether oxygens (including phenoxy) is 1. The fraction of sp³-hybridized carbons (Fsp3) is 0.235. The highest BCUT2D eigenvalue weighted by molar-refractivity contribution is 5.95. The molecule has 3 rings (SSSR count). The fourth-order valence-electron chi connectivity index (χ4n) is 2.50. The van der Waals surface area contributed by atoms with Gasteiger partial charge in [-0.2, -0.15) is 0 Å². The van der Waals surface area contributed by atoms with E-state index in [1.54, 1.807) is 0 Å². The molecule has 1 aliphatic rings. The number of para-hydroxylation sites is 1. The molecule has 2 aromatic rings. The molecule has 1 N–H and O–H groups in total. The topological polar surface area (TPSA) is 38.3 Å². The van der Waals surface area contributed by atoms with Crippen molar-refractivity contribution in [2.75, 3.05) is 5.32 Å². The van der Waals surface area contributed by atoms with E-state index in [1.807, 2.05) is 50.2 Å². The highest BCUT2D eigenvalue weighted by Gasteiger charge is 2.28. The summed E-state index contributed by atoms with van der Waals surface area (Å²) in [5, 5.41) is 2.95. The molecule has 102 valence electrons. The van der Waals surface area contributed by atoms with Crippen molar-refractivity contribution >= 4 is 11.6 Å². The van der Waals surface area contributed by atoms with Crippen molar-refractivity contribution in [1.82, 2.24) is 0 Å². The molecule has 0 saturated heterocycles. The van der Waals surface area contributed by atoms with Crippen LogP contribution in [0.5, 0.6) is 5.75 Å². The number of hydrogen-bond donors (Lipinski definition) is 1. The van der Waals surface area contributed by atoms with Gasteiger partial charge in [0.05, 0.1) is 0 Å². The van der Waals surface area contributed by atoms with Gasteiger partial charge in [0.2, 0.25) is 0 Å². The number of carbonyl (C=O) groups excluding carboxylic acids is 1. The number of aryl methyl sites for hydroxylation is 2. The van der Waals surface area contributed by atoms with Crippen molar-refractivity contribution in [1.29, 1.82) is 0 Å². The van der Waals surface area contributed by atoms with Gasteiger partial charge >= 0.3 is 0 Å². The third-order valence-corrected chi connectivity index (χ3v) is 3.58. The first kappa shape index (κ1) is 12.7. The summed E-state index contributed by atoms with van der Waals surface area (Å²) >= 11 is 0. The normalized spacial score (nSPS) is 16.4. The van der Waals surface area contributed by atoms with Crippen LogP contribution in [-0.2, 0) is 11.2 Å². The first-order chi connectivity index (χ1) is 9.63. The lowest BCUT2D eigenvalue weighted by atomic mass is 10.1. The number of benzene rings is 2. The molecule has 0 aliphatic carbocycles. The highest BCUT2D eigenvalue weighted by atomic mass is 16.5. The zero-order valence-corrected chi connectivity index (χ0v) is 11.6. The molecule has 0 unspecified atom stereocenters. The quantitative estimate of drug-likeness (QED) is 0.907. The number of carbonyl (C=O) groups is 1. The summed E-state index contributed by atoms with van der Waals surface area (Å²) in [6.07, 6.45) is 0.195. The molecular weight excluding hydrogens is 250 g/mol. The first-order valence-corrected chi connectivity index (χ1v) is 6.76. The molecule has 2 aromatic carbocycles. The SMILES string of the molecule is Cc1ccc(NC(=O)[C@H]2Cc3ccccc3O2)c(C)c1. The summed E-state index contributed by atoms with van der Waals surface area (Å²) in [5.74, 6) is 0.724. The van der Waals surface area contributed by atoms with Gasteiger partial charge in [-0.1, -0.05) is 35.9 Å². The average Bonchev–Trinajstić information content (AvgIpc) is 2.86. The lowest BCUT2D eigenvalue weighted by Gasteiger charge is -2.13. The number of fused-ring (bicyclic) bond motifs is 1. The third-order valence-electron chi connectivity index (χ3n) is 3.58. The van der Waals surface area contributed by atoms with Crippen LogP contribution in [0.1, 0.15) is 16.7 Å². The van der Waals surface area contributed by atoms with Gasteiger partial charge in [-0.05, 0) is 37.1 Å². The maximum atomic E-state index is 12.3. The Bertz CT molecular complexity index is 639. The zero-order valence-electron chi connectivity index (χ0n) is 11.6. The van der Waals surface area contributed by atoms with E-state index in [1.165, 1.54) is 5.56 Å². The Morgan fingerprint density at radius 2 is 2.00 bits per heavy atom. The summed E-state index contributed by atoms with van der Waals surface area (Å²) in [6.45, 7) is 4.03. The zero-order chi connectivity index (χ0) is 14.1. The van der Waals surface area contributed by atoms with Crippen LogP contribution in [0.2, 0.25) is 0 Å². The van der Waals surface area contributed by atoms with Crippen molar-refractivity contribution < 1.29 is 9.53 Å². The Labute approximate surface area is 118 Å². The summed E-state index contributed by atoms with van der Waals surface area (Å²) in [4.78, 5) is 12.3. The van der Waals surface area contributed by atoms with Crippen LogP contribution in [0.3, 0.4) is 0 Å². The van der Waals surface area contributed by atoms with E-state index in [9.17, 15) is 4.79 Å². The van der Waals surface area contributed by atoms with Crippen LogP contribution in [-0.4, -0.2) is 12.0 Å². The lowest BCUT2D eigenvalue weighted by molar-refractivity contribution is -0.122. The van der Waals surface area contributed by atoms with Crippen LogP contribution in [0.4, 0.5) is 5.69 Å². The smallest absolute Gasteiger partial charge is 0.265 e. The van der Waals surface area contributed by atoms with E-state index in [0.29, 0.717) is 6.42 Å². The van der Waals surface area contributed by atoms with Crippen molar-refractivity contribution in [3.63, 3.8) is 0 Å². The predicted molar refractivity (Wildman–Crippen MR) is 79.1 cm³/mol. The molecule has 1 aliphatic heterocycles. The van der Waals surface area contributed by atoms with Gasteiger partial charge in [0.15, 0.2) is 6.10 Å². The lowest BCUT2D eigenvalue weighted by Crippen LogP contribution is -2.31. The van der Waals surface area contributed by atoms with Crippen molar-refractivity contribution in [3.05, 3.63) is 59.2 Å². The number of nitrogens with one attached hydrogen (secondary N) is 1. The Balaban J connectivity index is 1.72. The first-order valence-electron chi connectivity index (χ1n) is 6.76. The van der Waals surface area contributed by atoms with Gasteiger partial charge < -0.3 is 10.1 Å². The molecule has 1 atom stereocenters. The molecule has 3 heteroatoms. The second-order valence-corrected chi connectivity index (χ2v) is 5.23. The van der Waals surface area contributed by atoms with Crippen LogP contribution < -0.4 is 10.1 Å². The highest BCUT2D eigenvalue weighted by Crippen LogP contribution is 2.29. The van der Waals surface area contributed by atoms with Crippen molar-refractivity contribution in [2.45, 2.75) is 26.4 Å². The molecule has 0 saturated carbocycles. The number of anilines is 1. The minimum atomic E-state index is -0.437. The molecular formula is C17H17NO2. The second-order valence-electron chi connectivity index (χ2n) is 5.23.